The molecule has 2 rings (SSSR count). The lowest BCUT2D eigenvalue weighted by molar-refractivity contribution is 0.408. The fourth-order valence-electron chi connectivity index (χ4n) is 2.51. The molecule has 0 spiro atoms. The van der Waals surface area contributed by atoms with Crippen LogP contribution >= 0.6 is 0 Å². The summed E-state index contributed by atoms with van der Waals surface area (Å²) in [5.41, 5.74) is 6.52. The Morgan fingerprint density at radius 2 is 2.23 bits per heavy atom. The van der Waals surface area contributed by atoms with Gasteiger partial charge in [0.1, 0.15) is 0 Å². The van der Waals surface area contributed by atoms with Gasteiger partial charge in [-0.25, -0.2) is 0 Å². The first-order valence-corrected chi connectivity index (χ1v) is 4.95. The van der Waals surface area contributed by atoms with Gasteiger partial charge in [0, 0.05) is 0 Å². The van der Waals surface area contributed by atoms with Crippen LogP contribution in [0.4, 0.5) is 0 Å². The minimum Gasteiger partial charge on any atom is -0.121 e. The molecule has 0 fully saturated rings. The minimum absolute atomic E-state index is 0.338. The molecule has 0 aliphatic heterocycles. The molecule has 0 saturated carbocycles. The van der Waals surface area contributed by atoms with Crippen LogP contribution in [0.2, 0.25) is 0 Å². The fourth-order valence-corrected chi connectivity index (χ4v) is 2.51. The molecule has 0 bridgehead atoms. The highest BCUT2D eigenvalue weighted by Gasteiger charge is 2.34. The molecule has 0 aromatic rings. The van der Waals surface area contributed by atoms with Gasteiger partial charge in [0.15, 0.2) is 0 Å². The van der Waals surface area contributed by atoms with Crippen molar-refractivity contribution in [3.63, 3.8) is 0 Å². The van der Waals surface area contributed by atoms with Crippen molar-refractivity contribution in [2.45, 2.75) is 27.2 Å². The summed E-state index contributed by atoms with van der Waals surface area (Å²) in [6.45, 7) is 6.96. The largest absolute Gasteiger partial charge is 0.121 e. The van der Waals surface area contributed by atoms with Crippen LogP contribution in [0, 0.1) is 11.3 Å². The molecule has 0 saturated heterocycles. The normalized spacial score (nSPS) is 29.3. The Bertz CT molecular complexity index is 344. The molecule has 0 amide bonds. The summed E-state index contributed by atoms with van der Waals surface area (Å²) in [6, 6.07) is 0. The molecule has 1 unspecified atom stereocenters. The first kappa shape index (κ1) is 8.59. The maximum atomic E-state index is 3.20. The molecule has 0 radical (unpaired) electrons. The van der Waals surface area contributed by atoms with E-state index in [1.54, 1.807) is 0 Å². The zero-order valence-electron chi connectivity index (χ0n) is 8.59. The molecule has 0 nitrogen and oxygen atoms in total. The second kappa shape index (κ2) is 2.75. The van der Waals surface area contributed by atoms with Gasteiger partial charge in [-0.05, 0) is 41.1 Å². The molecule has 1 atom stereocenters. The zero-order valence-corrected chi connectivity index (χ0v) is 8.59. The highest BCUT2D eigenvalue weighted by atomic mass is 14.4. The van der Waals surface area contributed by atoms with Gasteiger partial charge in [-0.15, -0.1) is 5.73 Å². The molecule has 2 aliphatic carbocycles. The van der Waals surface area contributed by atoms with Crippen molar-refractivity contribution in [2.24, 2.45) is 11.3 Å². The van der Waals surface area contributed by atoms with E-state index in [4.69, 9.17) is 0 Å². The smallest absolute Gasteiger partial charge is 0.00889 e. The Morgan fingerprint density at radius 3 is 3.00 bits per heavy atom. The lowest BCUT2D eigenvalue weighted by Gasteiger charge is -2.19. The summed E-state index contributed by atoms with van der Waals surface area (Å²) in [4.78, 5) is 0. The average Bonchev–Trinajstić information content (AvgIpc) is 2.28. The second-order valence-corrected chi connectivity index (χ2v) is 4.69. The molecule has 0 heteroatoms. The molecule has 0 aromatic heterocycles. The van der Waals surface area contributed by atoms with Crippen LogP contribution in [-0.2, 0) is 0 Å². The predicted octanol–water partition coefficient (Wildman–Crippen LogP) is 3.63. The van der Waals surface area contributed by atoms with Gasteiger partial charge >= 0.3 is 0 Å². The summed E-state index contributed by atoms with van der Waals surface area (Å²) in [5, 5.41) is 0. The summed E-state index contributed by atoms with van der Waals surface area (Å²) >= 11 is 0. The van der Waals surface area contributed by atoms with E-state index in [2.05, 4.69) is 44.7 Å². The molecule has 2 aliphatic rings. The van der Waals surface area contributed by atoms with E-state index in [1.165, 1.54) is 17.6 Å². The maximum Gasteiger partial charge on any atom is -0.00889 e. The van der Waals surface area contributed by atoms with Crippen LogP contribution in [0.15, 0.2) is 41.2 Å². The number of hydrogen-bond acceptors (Lipinski definition) is 0. The van der Waals surface area contributed by atoms with E-state index in [0.29, 0.717) is 11.3 Å². The van der Waals surface area contributed by atoms with Crippen molar-refractivity contribution in [2.75, 3.05) is 0 Å². The first-order valence-electron chi connectivity index (χ1n) is 4.95. The molecular weight excluding hydrogens is 156 g/mol. The highest BCUT2D eigenvalue weighted by molar-refractivity contribution is 5.45. The number of allylic oxidation sites excluding steroid dienone is 5. The molecule has 0 N–H and O–H groups in total. The molecule has 13 heavy (non-hydrogen) atoms. The Labute approximate surface area is 80.3 Å². The van der Waals surface area contributed by atoms with Gasteiger partial charge in [-0.1, -0.05) is 32.9 Å². The van der Waals surface area contributed by atoms with Gasteiger partial charge in [-0.2, -0.15) is 0 Å². The standard InChI is InChI=1S/C13H16/c1-10-9-13(2,3)12-8-6-4-5-7-11(10)12/h4-5,7-8,10H,9H2,1-3H3. The average molecular weight is 172 g/mol. The van der Waals surface area contributed by atoms with E-state index < -0.39 is 0 Å². The van der Waals surface area contributed by atoms with E-state index >= 15 is 0 Å². The summed E-state index contributed by atoms with van der Waals surface area (Å²) in [5.74, 6) is 0.700. The lowest BCUT2D eigenvalue weighted by Crippen LogP contribution is -2.09. The summed E-state index contributed by atoms with van der Waals surface area (Å²) in [6.07, 6.45) is 9.74. The Balaban J connectivity index is 2.54. The summed E-state index contributed by atoms with van der Waals surface area (Å²) in [7, 11) is 0. The van der Waals surface area contributed by atoms with E-state index in [1.807, 2.05) is 6.08 Å². The quantitative estimate of drug-likeness (QED) is 0.489. The maximum absolute atomic E-state index is 3.20. The highest BCUT2D eigenvalue weighted by Crippen LogP contribution is 2.46. The minimum atomic E-state index is 0.338. The van der Waals surface area contributed by atoms with Crippen molar-refractivity contribution in [1.29, 1.82) is 0 Å². The van der Waals surface area contributed by atoms with Gasteiger partial charge in [-0.3, -0.25) is 0 Å². The van der Waals surface area contributed by atoms with Gasteiger partial charge in [0.2, 0.25) is 0 Å². The molecule has 68 valence electrons. The van der Waals surface area contributed by atoms with Crippen LogP contribution in [0.5, 0.6) is 0 Å². The van der Waals surface area contributed by atoms with Gasteiger partial charge in [0.25, 0.3) is 0 Å². The molecule has 0 heterocycles. The van der Waals surface area contributed by atoms with Crippen molar-refractivity contribution >= 4 is 0 Å². The third kappa shape index (κ3) is 1.32. The third-order valence-electron chi connectivity index (χ3n) is 3.08. The monoisotopic (exact) mass is 172 g/mol. The summed E-state index contributed by atoms with van der Waals surface area (Å²) < 4.78 is 0. The van der Waals surface area contributed by atoms with Crippen LogP contribution in [0.1, 0.15) is 27.2 Å². The van der Waals surface area contributed by atoms with Crippen molar-refractivity contribution in [3.8, 4) is 0 Å². The third-order valence-corrected chi connectivity index (χ3v) is 3.08. The van der Waals surface area contributed by atoms with Gasteiger partial charge in [0.05, 0.1) is 0 Å². The second-order valence-electron chi connectivity index (χ2n) is 4.69. The molecule has 0 aromatic carbocycles. The van der Waals surface area contributed by atoms with Crippen LogP contribution in [-0.4, -0.2) is 0 Å². The van der Waals surface area contributed by atoms with Crippen molar-refractivity contribution < 1.29 is 0 Å². The first-order chi connectivity index (χ1) is 6.11. The van der Waals surface area contributed by atoms with Crippen LogP contribution < -0.4 is 0 Å². The topological polar surface area (TPSA) is 0 Å². The molecular formula is C13H16. The fraction of sp³-hybridized carbons (Fsp3) is 0.462. The van der Waals surface area contributed by atoms with E-state index in [-0.39, 0.29) is 0 Å². The Kier molecular flexibility index (Phi) is 1.82. The Hall–Kier alpha value is -1.00. The van der Waals surface area contributed by atoms with Crippen LogP contribution in [0.25, 0.3) is 0 Å². The zero-order chi connectivity index (χ0) is 9.47. The lowest BCUT2D eigenvalue weighted by atomic mass is 9.84. The van der Waals surface area contributed by atoms with E-state index in [0.717, 1.165) is 0 Å². The SMILES string of the molecule is CC1CC(C)(C)C2=C1C=CC=C=C2. The van der Waals surface area contributed by atoms with Gasteiger partial charge < -0.3 is 0 Å². The van der Waals surface area contributed by atoms with Crippen molar-refractivity contribution in [1.82, 2.24) is 0 Å². The predicted molar refractivity (Wildman–Crippen MR) is 56.4 cm³/mol. The van der Waals surface area contributed by atoms with Crippen molar-refractivity contribution in [3.05, 3.63) is 41.2 Å². The van der Waals surface area contributed by atoms with E-state index in [9.17, 15) is 0 Å². The Morgan fingerprint density at radius 1 is 1.46 bits per heavy atom. The number of rotatable bonds is 0. The van der Waals surface area contributed by atoms with Crippen LogP contribution in [0.3, 0.4) is 0 Å². The number of hydrogen-bond donors (Lipinski definition) is 0.